The highest BCUT2D eigenvalue weighted by molar-refractivity contribution is 7.48. The smallest absolute Gasteiger partial charge is 0.476 e. The molecule has 1 atom stereocenters. The second-order valence-electron chi connectivity index (χ2n) is 11.8. The van der Waals surface area contributed by atoms with Crippen molar-refractivity contribution in [1.82, 2.24) is 19.4 Å². The van der Waals surface area contributed by atoms with Crippen LogP contribution in [-0.2, 0) is 30.4 Å². The van der Waals surface area contributed by atoms with Crippen LogP contribution in [0.5, 0.6) is 5.75 Å². The molecule has 3 aromatic rings. The van der Waals surface area contributed by atoms with E-state index in [0.29, 0.717) is 47.2 Å². The summed E-state index contributed by atoms with van der Waals surface area (Å²) in [5.41, 5.74) is 1.49. The van der Waals surface area contributed by atoms with Crippen LogP contribution in [0.3, 0.4) is 0 Å². The topological polar surface area (TPSA) is 105 Å². The van der Waals surface area contributed by atoms with Crippen molar-refractivity contribution in [1.29, 1.82) is 0 Å². The number of fused-ring (bicyclic) bond motifs is 1. The zero-order valence-electron chi connectivity index (χ0n) is 24.4. The Hall–Kier alpha value is -2.85. The lowest BCUT2D eigenvalue weighted by molar-refractivity contribution is 0.0297. The van der Waals surface area contributed by atoms with E-state index in [1.165, 1.54) is 6.07 Å². The molecule has 2 aromatic heterocycles. The number of phosphoric ester groups is 1. The number of piperidine rings is 1. The van der Waals surface area contributed by atoms with E-state index in [1.54, 1.807) is 4.57 Å². The van der Waals surface area contributed by atoms with Gasteiger partial charge in [-0.1, -0.05) is 18.9 Å². The molecule has 10 nitrogen and oxygen atoms in total. The zero-order valence-corrected chi connectivity index (χ0v) is 25.3. The highest BCUT2D eigenvalue weighted by Crippen LogP contribution is 2.53. The van der Waals surface area contributed by atoms with Crippen molar-refractivity contribution in [2.45, 2.75) is 90.0 Å². The second kappa shape index (κ2) is 11.7. The first-order valence-corrected chi connectivity index (χ1v) is 16.3. The molecule has 0 N–H and O–H groups in total. The molecule has 2 aliphatic heterocycles. The third-order valence-corrected chi connectivity index (χ3v) is 9.97. The summed E-state index contributed by atoms with van der Waals surface area (Å²) in [6.07, 6.45) is 7.80. The fourth-order valence-corrected chi connectivity index (χ4v) is 7.62. The van der Waals surface area contributed by atoms with Gasteiger partial charge < -0.3 is 9.64 Å². The first-order chi connectivity index (χ1) is 20.2. The Morgan fingerprint density at radius 2 is 1.93 bits per heavy atom. The number of ether oxygens (including phenoxy) is 1. The summed E-state index contributed by atoms with van der Waals surface area (Å²) in [5, 5.41) is 0. The van der Waals surface area contributed by atoms with Crippen molar-refractivity contribution in [2.24, 2.45) is 0 Å². The van der Waals surface area contributed by atoms with Gasteiger partial charge in [-0.3, -0.25) is 22.9 Å². The highest BCUT2D eigenvalue weighted by Gasteiger charge is 2.45. The van der Waals surface area contributed by atoms with Gasteiger partial charge in [0, 0.05) is 18.2 Å². The van der Waals surface area contributed by atoms with Gasteiger partial charge in [0.25, 0.3) is 5.91 Å². The van der Waals surface area contributed by atoms with E-state index >= 15 is 0 Å². The molecule has 0 unspecified atom stereocenters. The molecule has 4 heterocycles. The number of imidazole rings is 1. The molecule has 2 saturated heterocycles. The van der Waals surface area contributed by atoms with Crippen LogP contribution in [0.4, 0.5) is 4.39 Å². The number of nitrogens with zero attached hydrogens (tertiary/aromatic N) is 4. The molecule has 1 amide bonds. The Morgan fingerprint density at radius 1 is 1.17 bits per heavy atom. The predicted molar refractivity (Wildman–Crippen MR) is 154 cm³/mol. The molecular weight excluding hydrogens is 562 g/mol. The van der Waals surface area contributed by atoms with E-state index in [0.717, 1.165) is 50.3 Å². The summed E-state index contributed by atoms with van der Waals surface area (Å²) in [7, 11) is -3.76. The molecule has 1 aliphatic carbocycles. The minimum absolute atomic E-state index is 0.0293. The van der Waals surface area contributed by atoms with E-state index in [4.69, 9.17) is 23.3 Å². The van der Waals surface area contributed by atoms with Crippen molar-refractivity contribution in [3.05, 3.63) is 53.2 Å². The van der Waals surface area contributed by atoms with E-state index in [2.05, 4.69) is 11.1 Å². The number of carbonyl (C=O) groups excluding carboxylic acids is 1. The number of aromatic nitrogens is 3. The standard InChI is InChI=1S/C30H38FN4O6P/c1-20(2)41-23-10-11-24(21-8-4-5-9-21)25(17-23)28(36)35-13-7-6-12-30(35,3)29-33-27-26(16-22(31)18-32-27)34(29)19-40-42(37)38-14-15-39-42/h10-11,16-18,20-21H,4-9,12-15,19H2,1-3H3/t30-/m0/s1. The number of carbonyl (C=O) groups is 1. The first-order valence-electron chi connectivity index (χ1n) is 14.9. The molecule has 3 fully saturated rings. The van der Waals surface area contributed by atoms with Gasteiger partial charge in [-0.15, -0.1) is 0 Å². The lowest BCUT2D eigenvalue weighted by Gasteiger charge is -2.44. The summed E-state index contributed by atoms with van der Waals surface area (Å²) in [5.74, 6) is 0.825. The Morgan fingerprint density at radius 3 is 2.67 bits per heavy atom. The largest absolute Gasteiger partial charge is 0.491 e. The Bertz CT molecular complexity index is 1510. The fraction of sp³-hybridized carbons (Fsp3) is 0.567. The van der Waals surface area contributed by atoms with Gasteiger partial charge >= 0.3 is 7.82 Å². The van der Waals surface area contributed by atoms with Gasteiger partial charge in [0.2, 0.25) is 0 Å². The minimum Gasteiger partial charge on any atom is -0.491 e. The molecule has 0 spiro atoms. The van der Waals surface area contributed by atoms with Crippen LogP contribution in [0, 0.1) is 5.82 Å². The number of rotatable bonds is 8. The molecular formula is C30H38FN4O6P. The molecule has 12 heteroatoms. The molecule has 42 heavy (non-hydrogen) atoms. The van der Waals surface area contributed by atoms with Crippen molar-refractivity contribution in [3.63, 3.8) is 0 Å². The SMILES string of the molecule is CC(C)Oc1ccc(C2CCCC2)c(C(=O)N2CCCC[C@@]2(C)c2nc3ncc(F)cc3n2COP2(=O)OCCO2)c1. The lowest BCUT2D eigenvalue weighted by Crippen LogP contribution is -2.52. The van der Waals surface area contributed by atoms with E-state index < -0.39 is 19.2 Å². The highest BCUT2D eigenvalue weighted by atomic mass is 31.2. The Labute approximate surface area is 245 Å². The predicted octanol–water partition coefficient (Wildman–Crippen LogP) is 6.69. The lowest BCUT2D eigenvalue weighted by atomic mass is 9.85. The molecule has 1 aromatic carbocycles. The maximum atomic E-state index is 14.6. The van der Waals surface area contributed by atoms with Gasteiger partial charge in [-0.05, 0) is 76.5 Å². The summed E-state index contributed by atoms with van der Waals surface area (Å²) in [4.78, 5) is 25.5. The number of likely N-dealkylation sites (tertiary alicyclic amines) is 1. The van der Waals surface area contributed by atoms with Crippen LogP contribution < -0.4 is 4.74 Å². The van der Waals surface area contributed by atoms with Crippen LogP contribution in [0.2, 0.25) is 0 Å². The summed E-state index contributed by atoms with van der Waals surface area (Å²) in [6, 6.07) is 7.22. The second-order valence-corrected chi connectivity index (χ2v) is 13.5. The Kier molecular flexibility index (Phi) is 8.13. The fourth-order valence-electron chi connectivity index (χ4n) is 6.54. The number of benzene rings is 1. The number of halogens is 1. The van der Waals surface area contributed by atoms with Crippen molar-refractivity contribution in [3.8, 4) is 5.75 Å². The van der Waals surface area contributed by atoms with Crippen LogP contribution in [0.1, 0.15) is 93.4 Å². The molecule has 6 rings (SSSR count). The van der Waals surface area contributed by atoms with E-state index in [1.807, 2.05) is 37.8 Å². The van der Waals surface area contributed by atoms with Crippen molar-refractivity contribution >= 4 is 24.9 Å². The van der Waals surface area contributed by atoms with Crippen LogP contribution in [0.15, 0.2) is 30.5 Å². The third kappa shape index (κ3) is 5.60. The molecule has 0 bridgehead atoms. The molecule has 226 valence electrons. The number of hydrogen-bond donors (Lipinski definition) is 0. The summed E-state index contributed by atoms with van der Waals surface area (Å²) < 4.78 is 51.0. The van der Waals surface area contributed by atoms with Gasteiger partial charge in [0.05, 0.1) is 36.6 Å². The van der Waals surface area contributed by atoms with Gasteiger partial charge in [-0.2, -0.15) is 0 Å². The van der Waals surface area contributed by atoms with Crippen molar-refractivity contribution in [2.75, 3.05) is 19.8 Å². The number of phosphoric acid groups is 1. The number of amides is 1. The number of pyridine rings is 1. The quantitative estimate of drug-likeness (QED) is 0.264. The monoisotopic (exact) mass is 600 g/mol. The van der Waals surface area contributed by atoms with Gasteiger partial charge in [0.1, 0.15) is 24.1 Å². The van der Waals surface area contributed by atoms with E-state index in [-0.39, 0.29) is 32.0 Å². The van der Waals surface area contributed by atoms with Gasteiger partial charge in [0.15, 0.2) is 5.65 Å². The van der Waals surface area contributed by atoms with Crippen LogP contribution in [0.25, 0.3) is 11.2 Å². The molecule has 0 radical (unpaired) electrons. The van der Waals surface area contributed by atoms with Crippen molar-refractivity contribution < 1.29 is 32.1 Å². The number of hydrogen-bond acceptors (Lipinski definition) is 8. The summed E-state index contributed by atoms with van der Waals surface area (Å²) >= 11 is 0. The van der Waals surface area contributed by atoms with Gasteiger partial charge in [-0.25, -0.2) is 18.9 Å². The maximum Gasteiger partial charge on any atom is 0.476 e. The normalized spacial score (nSPS) is 22.8. The zero-order chi connectivity index (χ0) is 29.5. The minimum atomic E-state index is -3.76. The maximum absolute atomic E-state index is 14.6. The molecule has 1 saturated carbocycles. The third-order valence-electron chi connectivity index (χ3n) is 8.54. The van der Waals surface area contributed by atoms with Crippen LogP contribution >= 0.6 is 7.82 Å². The first kappa shape index (κ1) is 29.2. The molecule has 3 aliphatic rings. The van der Waals surface area contributed by atoms with Crippen LogP contribution in [-0.4, -0.2) is 51.2 Å². The van der Waals surface area contributed by atoms with E-state index in [9.17, 15) is 13.8 Å². The summed E-state index contributed by atoms with van der Waals surface area (Å²) in [6.45, 7) is 6.48. The Balaban J connectivity index is 1.43. The average Bonchev–Trinajstić information content (AvgIpc) is 3.72. The average molecular weight is 601 g/mol.